The molecular formula is C24H29FN4O2. The molecule has 6 nitrogen and oxygen atoms in total. The first kappa shape index (κ1) is 21.3. The van der Waals surface area contributed by atoms with Gasteiger partial charge in [0.2, 0.25) is 0 Å². The first-order chi connectivity index (χ1) is 15.0. The molecule has 0 unspecified atom stereocenters. The van der Waals surface area contributed by atoms with Crippen LogP contribution in [0, 0.1) is 25.6 Å². The summed E-state index contributed by atoms with van der Waals surface area (Å²) in [5.74, 6) is -0.514. The zero-order chi connectivity index (χ0) is 22.0. The maximum atomic E-state index is 15.6. The zero-order valence-corrected chi connectivity index (χ0v) is 18.3. The number of aromatic nitrogens is 2. The highest BCUT2D eigenvalue weighted by atomic mass is 19.1. The molecule has 2 aromatic carbocycles. The number of imidazole rings is 1. The van der Waals surface area contributed by atoms with Crippen LogP contribution in [0.25, 0.3) is 11.0 Å². The van der Waals surface area contributed by atoms with Crippen molar-refractivity contribution in [1.29, 1.82) is 0 Å². The highest BCUT2D eigenvalue weighted by Crippen LogP contribution is 2.32. The Balaban J connectivity index is 1.73. The van der Waals surface area contributed by atoms with E-state index in [2.05, 4.69) is 22.7 Å². The van der Waals surface area contributed by atoms with Gasteiger partial charge in [0.1, 0.15) is 5.52 Å². The van der Waals surface area contributed by atoms with Crippen LogP contribution in [-0.4, -0.2) is 22.1 Å². The molecule has 31 heavy (non-hydrogen) atoms. The number of aryl methyl sites for hydroxylation is 3. The number of benzene rings is 2. The zero-order valence-electron chi connectivity index (χ0n) is 18.3. The third kappa shape index (κ3) is 4.71. The second-order valence-corrected chi connectivity index (χ2v) is 8.40. The van der Waals surface area contributed by atoms with Crippen LogP contribution in [0.15, 0.2) is 30.6 Å². The van der Waals surface area contributed by atoms with E-state index in [0.29, 0.717) is 18.0 Å². The predicted molar refractivity (Wildman–Crippen MR) is 120 cm³/mol. The highest BCUT2D eigenvalue weighted by Gasteiger charge is 2.24. The molecule has 4 rings (SSSR count). The summed E-state index contributed by atoms with van der Waals surface area (Å²) >= 11 is 0. The lowest BCUT2D eigenvalue weighted by atomic mass is 10.1. The SMILES string of the molecule is CCCCn1cnc2c(F)c(Nc3ccc(C)cc3C)c(C(=O)NOCC3CC3)cc21. The van der Waals surface area contributed by atoms with Gasteiger partial charge >= 0.3 is 0 Å². The van der Waals surface area contributed by atoms with Gasteiger partial charge in [0.15, 0.2) is 5.82 Å². The number of anilines is 2. The fourth-order valence-corrected chi connectivity index (χ4v) is 3.62. The Morgan fingerprint density at radius 1 is 1.29 bits per heavy atom. The maximum Gasteiger partial charge on any atom is 0.277 e. The van der Waals surface area contributed by atoms with Crippen molar-refractivity contribution in [2.75, 3.05) is 11.9 Å². The lowest BCUT2D eigenvalue weighted by Crippen LogP contribution is -2.26. The van der Waals surface area contributed by atoms with E-state index in [-0.39, 0.29) is 16.8 Å². The molecule has 0 spiro atoms. The third-order valence-electron chi connectivity index (χ3n) is 5.68. The average Bonchev–Trinajstić information content (AvgIpc) is 3.48. The number of amides is 1. The second-order valence-electron chi connectivity index (χ2n) is 8.40. The van der Waals surface area contributed by atoms with E-state index in [4.69, 9.17) is 4.84 Å². The molecule has 1 aromatic heterocycles. The van der Waals surface area contributed by atoms with Gasteiger partial charge in [0.25, 0.3) is 5.91 Å². The van der Waals surface area contributed by atoms with E-state index < -0.39 is 11.7 Å². The fourth-order valence-electron chi connectivity index (χ4n) is 3.62. The van der Waals surface area contributed by atoms with Crippen LogP contribution in [0.4, 0.5) is 15.8 Å². The number of carbonyl (C=O) groups is 1. The molecule has 3 aromatic rings. The molecule has 1 aliphatic carbocycles. The molecule has 7 heteroatoms. The quantitative estimate of drug-likeness (QED) is 0.451. The summed E-state index contributed by atoms with van der Waals surface area (Å²) in [6.07, 6.45) is 5.83. The Morgan fingerprint density at radius 3 is 2.81 bits per heavy atom. The van der Waals surface area contributed by atoms with Gasteiger partial charge in [0.05, 0.1) is 29.7 Å². The summed E-state index contributed by atoms with van der Waals surface area (Å²) in [5, 5.41) is 3.13. The Kier molecular flexibility index (Phi) is 6.23. The average molecular weight is 425 g/mol. The third-order valence-corrected chi connectivity index (χ3v) is 5.68. The van der Waals surface area contributed by atoms with Gasteiger partial charge in [-0.25, -0.2) is 14.9 Å². The van der Waals surface area contributed by atoms with Crippen LogP contribution < -0.4 is 10.8 Å². The molecule has 164 valence electrons. The Morgan fingerprint density at radius 2 is 2.10 bits per heavy atom. The molecule has 1 fully saturated rings. The van der Waals surface area contributed by atoms with Crippen LogP contribution in [-0.2, 0) is 11.4 Å². The minimum Gasteiger partial charge on any atom is -0.352 e. The van der Waals surface area contributed by atoms with E-state index in [0.717, 1.165) is 49.0 Å². The Bertz CT molecular complexity index is 1100. The fraction of sp³-hybridized carbons (Fsp3) is 0.417. The van der Waals surface area contributed by atoms with Crippen LogP contribution in [0.5, 0.6) is 0 Å². The number of nitrogens with one attached hydrogen (secondary N) is 2. The number of carbonyl (C=O) groups excluding carboxylic acids is 1. The molecule has 2 N–H and O–H groups in total. The van der Waals surface area contributed by atoms with Gasteiger partial charge in [0, 0.05) is 12.2 Å². The number of fused-ring (bicyclic) bond motifs is 1. The van der Waals surface area contributed by atoms with Crippen molar-refractivity contribution in [3.05, 3.63) is 53.1 Å². The molecule has 0 aliphatic heterocycles. The summed E-state index contributed by atoms with van der Waals surface area (Å²) < 4.78 is 17.5. The van der Waals surface area contributed by atoms with Gasteiger partial charge in [-0.1, -0.05) is 31.0 Å². The molecule has 0 atom stereocenters. The van der Waals surface area contributed by atoms with Crippen molar-refractivity contribution in [3.63, 3.8) is 0 Å². The highest BCUT2D eigenvalue weighted by molar-refractivity contribution is 6.04. The topological polar surface area (TPSA) is 68.2 Å². The lowest BCUT2D eigenvalue weighted by molar-refractivity contribution is 0.0271. The molecule has 1 heterocycles. The number of hydrogen-bond acceptors (Lipinski definition) is 4. The van der Waals surface area contributed by atoms with Crippen LogP contribution in [0.2, 0.25) is 0 Å². The molecular weight excluding hydrogens is 395 g/mol. The smallest absolute Gasteiger partial charge is 0.277 e. The van der Waals surface area contributed by atoms with E-state index >= 15 is 4.39 Å². The van der Waals surface area contributed by atoms with Crippen LogP contribution >= 0.6 is 0 Å². The first-order valence-electron chi connectivity index (χ1n) is 10.9. The van der Waals surface area contributed by atoms with E-state index in [1.165, 1.54) is 0 Å². The van der Waals surface area contributed by atoms with Crippen molar-refractivity contribution in [2.24, 2.45) is 5.92 Å². The number of unbranched alkanes of at least 4 members (excludes halogenated alkanes) is 1. The number of hydrogen-bond donors (Lipinski definition) is 2. The maximum absolute atomic E-state index is 15.6. The van der Waals surface area contributed by atoms with Crippen molar-refractivity contribution in [1.82, 2.24) is 15.0 Å². The summed E-state index contributed by atoms with van der Waals surface area (Å²) in [7, 11) is 0. The minimum atomic E-state index is -0.542. The van der Waals surface area contributed by atoms with Crippen molar-refractivity contribution >= 4 is 28.3 Å². The van der Waals surface area contributed by atoms with Gasteiger partial charge < -0.3 is 9.88 Å². The number of nitrogens with zero attached hydrogens (tertiary/aromatic N) is 2. The molecule has 1 amide bonds. The normalized spacial score (nSPS) is 13.5. The molecule has 1 saturated carbocycles. The molecule has 0 bridgehead atoms. The Hall–Kier alpha value is -2.93. The summed E-state index contributed by atoms with van der Waals surface area (Å²) in [6.45, 7) is 7.24. The largest absolute Gasteiger partial charge is 0.352 e. The molecule has 0 saturated heterocycles. The summed E-state index contributed by atoms with van der Waals surface area (Å²) in [5.41, 5.74) is 6.45. The summed E-state index contributed by atoms with van der Waals surface area (Å²) in [4.78, 5) is 22.6. The molecule has 1 aliphatic rings. The van der Waals surface area contributed by atoms with E-state index in [1.807, 2.05) is 36.6 Å². The van der Waals surface area contributed by atoms with Crippen molar-refractivity contribution < 1.29 is 14.0 Å². The predicted octanol–water partition coefficient (Wildman–Crippen LogP) is 5.41. The van der Waals surface area contributed by atoms with Crippen molar-refractivity contribution in [3.8, 4) is 0 Å². The molecule has 0 radical (unpaired) electrons. The lowest BCUT2D eigenvalue weighted by Gasteiger charge is -2.16. The van der Waals surface area contributed by atoms with Crippen molar-refractivity contribution in [2.45, 2.75) is 53.0 Å². The number of halogens is 1. The van der Waals surface area contributed by atoms with E-state index in [9.17, 15) is 4.79 Å². The van der Waals surface area contributed by atoms with Gasteiger partial charge in [-0.05, 0) is 56.7 Å². The van der Waals surface area contributed by atoms with Gasteiger partial charge in [-0.2, -0.15) is 0 Å². The van der Waals surface area contributed by atoms with Gasteiger partial charge in [-0.3, -0.25) is 9.63 Å². The van der Waals surface area contributed by atoms with E-state index in [1.54, 1.807) is 12.4 Å². The summed E-state index contributed by atoms with van der Waals surface area (Å²) in [6, 6.07) is 7.54. The monoisotopic (exact) mass is 424 g/mol. The number of hydroxylamine groups is 1. The minimum absolute atomic E-state index is 0.104. The van der Waals surface area contributed by atoms with Crippen LogP contribution in [0.3, 0.4) is 0 Å². The van der Waals surface area contributed by atoms with Crippen LogP contribution in [0.1, 0.15) is 54.1 Å². The standard InChI is InChI=1S/C24H29FN4O2/c1-4-5-10-29-14-26-23-20(29)12-18(24(30)28-31-13-17-7-8-17)22(21(23)25)27-19-9-6-15(2)11-16(19)3/h6,9,11-12,14,17,27H,4-5,7-8,10,13H2,1-3H3,(H,28,30). The first-order valence-corrected chi connectivity index (χ1v) is 10.9. The Labute approximate surface area is 181 Å². The second kappa shape index (κ2) is 9.06. The van der Waals surface area contributed by atoms with Gasteiger partial charge in [-0.15, -0.1) is 0 Å². The number of rotatable bonds is 9.